The number of hydrogen-bond donors (Lipinski definition) is 0. The van der Waals surface area contributed by atoms with Crippen molar-refractivity contribution in [2.75, 3.05) is 13.2 Å². The van der Waals surface area contributed by atoms with E-state index < -0.39 is 0 Å². The van der Waals surface area contributed by atoms with Gasteiger partial charge < -0.3 is 9.47 Å². The molecule has 1 heterocycles. The standard InChI is InChI=1S/C27H26INO3S2/c1-4-31-23-13-18(14-24-26(30)29(15-17(2)3)27(33)34-24)12-22(28)25(23)32-16-20-10-7-9-19-8-5-6-11-21(19)20/h5-14,17H,4,15-16H2,1-3H3/b24-14-. The van der Waals surface area contributed by atoms with Gasteiger partial charge in [0.25, 0.3) is 5.91 Å². The summed E-state index contributed by atoms with van der Waals surface area (Å²) in [5.74, 6) is 1.69. The van der Waals surface area contributed by atoms with Crippen LogP contribution in [0, 0.1) is 9.49 Å². The zero-order valence-corrected chi connectivity index (χ0v) is 23.1. The summed E-state index contributed by atoms with van der Waals surface area (Å²) in [7, 11) is 0. The fourth-order valence-electron chi connectivity index (χ4n) is 3.82. The maximum atomic E-state index is 12.9. The first-order valence-electron chi connectivity index (χ1n) is 11.2. The average Bonchev–Trinajstić information content (AvgIpc) is 3.05. The quantitative estimate of drug-likeness (QED) is 0.154. The molecule has 1 aliphatic heterocycles. The third-order valence-corrected chi connectivity index (χ3v) is 7.48. The van der Waals surface area contributed by atoms with Crippen molar-refractivity contribution in [2.24, 2.45) is 5.92 Å². The van der Waals surface area contributed by atoms with E-state index in [-0.39, 0.29) is 5.91 Å². The SMILES string of the molecule is CCOc1cc(/C=C2\SC(=S)N(CC(C)C)C2=O)cc(I)c1OCc1cccc2ccccc12. The second-order valence-electron chi connectivity index (χ2n) is 8.38. The number of thioether (sulfide) groups is 1. The van der Waals surface area contributed by atoms with E-state index in [1.165, 1.54) is 22.5 Å². The summed E-state index contributed by atoms with van der Waals surface area (Å²) < 4.78 is 13.8. The van der Waals surface area contributed by atoms with Gasteiger partial charge in [-0.25, -0.2) is 0 Å². The summed E-state index contributed by atoms with van der Waals surface area (Å²) in [6, 6.07) is 18.5. The second kappa shape index (κ2) is 11.1. The fourth-order valence-corrected chi connectivity index (χ4v) is 5.87. The van der Waals surface area contributed by atoms with Crippen LogP contribution in [0.15, 0.2) is 59.5 Å². The molecule has 1 aliphatic rings. The van der Waals surface area contributed by atoms with E-state index in [0.717, 1.165) is 14.7 Å². The maximum absolute atomic E-state index is 12.9. The molecule has 176 valence electrons. The zero-order valence-electron chi connectivity index (χ0n) is 19.3. The summed E-state index contributed by atoms with van der Waals surface area (Å²) >= 11 is 9.06. The number of halogens is 1. The van der Waals surface area contributed by atoms with Gasteiger partial charge >= 0.3 is 0 Å². The first-order valence-corrected chi connectivity index (χ1v) is 13.5. The molecule has 1 amide bonds. The molecule has 0 unspecified atom stereocenters. The molecule has 0 atom stereocenters. The lowest BCUT2D eigenvalue weighted by Gasteiger charge is -2.16. The number of carbonyl (C=O) groups excluding carboxylic acids is 1. The Bertz CT molecular complexity index is 1270. The van der Waals surface area contributed by atoms with Crippen molar-refractivity contribution in [2.45, 2.75) is 27.4 Å². The maximum Gasteiger partial charge on any atom is 0.266 e. The summed E-state index contributed by atoms with van der Waals surface area (Å²) in [5, 5.41) is 2.37. The first kappa shape index (κ1) is 25.0. The number of rotatable bonds is 8. The van der Waals surface area contributed by atoms with Gasteiger partial charge in [-0.05, 0) is 75.5 Å². The van der Waals surface area contributed by atoms with E-state index in [1.54, 1.807) is 4.90 Å². The van der Waals surface area contributed by atoms with E-state index in [4.69, 9.17) is 21.7 Å². The van der Waals surface area contributed by atoms with Crippen molar-refractivity contribution in [1.29, 1.82) is 0 Å². The lowest BCUT2D eigenvalue weighted by Crippen LogP contribution is -2.31. The van der Waals surface area contributed by atoms with E-state index in [0.29, 0.717) is 46.4 Å². The number of benzene rings is 3. The molecule has 3 aromatic rings. The smallest absolute Gasteiger partial charge is 0.266 e. The Hall–Kier alpha value is -2.10. The molecular weight excluding hydrogens is 577 g/mol. The van der Waals surface area contributed by atoms with Crippen LogP contribution in [0.1, 0.15) is 31.9 Å². The van der Waals surface area contributed by atoms with E-state index >= 15 is 0 Å². The number of thiocarbonyl (C=S) groups is 1. The van der Waals surface area contributed by atoms with E-state index in [1.807, 2.05) is 43.3 Å². The van der Waals surface area contributed by atoms with Crippen LogP contribution in [0.5, 0.6) is 11.5 Å². The van der Waals surface area contributed by atoms with Crippen LogP contribution < -0.4 is 9.47 Å². The molecule has 0 radical (unpaired) electrons. The molecule has 0 N–H and O–H groups in total. The molecule has 1 saturated heterocycles. The van der Waals surface area contributed by atoms with Crippen LogP contribution in [0.25, 0.3) is 16.8 Å². The molecular formula is C27H26INO3S2. The van der Waals surface area contributed by atoms with Gasteiger partial charge in [0.1, 0.15) is 10.9 Å². The molecule has 0 aliphatic carbocycles. The van der Waals surface area contributed by atoms with E-state index in [2.05, 4.69) is 60.7 Å². The Morgan fingerprint density at radius 2 is 1.88 bits per heavy atom. The predicted molar refractivity (Wildman–Crippen MR) is 153 cm³/mol. The molecule has 0 aromatic heterocycles. The highest BCUT2D eigenvalue weighted by Crippen LogP contribution is 2.38. The van der Waals surface area contributed by atoms with Crippen molar-refractivity contribution in [3.63, 3.8) is 0 Å². The van der Waals surface area contributed by atoms with E-state index in [9.17, 15) is 4.79 Å². The highest BCUT2D eigenvalue weighted by atomic mass is 127. The van der Waals surface area contributed by atoms with Crippen molar-refractivity contribution >= 4 is 73.6 Å². The topological polar surface area (TPSA) is 38.8 Å². The molecule has 34 heavy (non-hydrogen) atoms. The minimum atomic E-state index is -0.0343. The van der Waals surface area contributed by atoms with Crippen LogP contribution >= 0.6 is 46.6 Å². The van der Waals surface area contributed by atoms with Crippen molar-refractivity contribution in [3.05, 3.63) is 74.2 Å². The minimum Gasteiger partial charge on any atom is -0.490 e. The Morgan fingerprint density at radius 3 is 2.65 bits per heavy atom. The van der Waals surface area contributed by atoms with Gasteiger partial charge in [-0.2, -0.15) is 0 Å². The Morgan fingerprint density at radius 1 is 1.12 bits per heavy atom. The monoisotopic (exact) mass is 603 g/mol. The fraction of sp³-hybridized carbons (Fsp3) is 0.259. The summed E-state index contributed by atoms with van der Waals surface area (Å²) in [5.41, 5.74) is 2.00. The van der Waals surface area contributed by atoms with Gasteiger partial charge in [-0.15, -0.1) is 0 Å². The number of nitrogens with zero attached hydrogens (tertiary/aromatic N) is 1. The first-order chi connectivity index (χ1) is 16.4. The number of carbonyl (C=O) groups is 1. The second-order valence-corrected chi connectivity index (χ2v) is 11.2. The molecule has 7 heteroatoms. The van der Waals surface area contributed by atoms with Gasteiger partial charge in [0, 0.05) is 6.54 Å². The van der Waals surface area contributed by atoms with Crippen molar-refractivity contribution < 1.29 is 14.3 Å². The van der Waals surface area contributed by atoms with Crippen LogP contribution in [-0.2, 0) is 11.4 Å². The van der Waals surface area contributed by atoms with Gasteiger partial charge in [0.2, 0.25) is 0 Å². The summed E-state index contributed by atoms with van der Waals surface area (Å²) in [6.45, 7) is 7.69. The lowest BCUT2D eigenvalue weighted by atomic mass is 10.1. The Kier molecular flexibility index (Phi) is 8.16. The molecule has 4 nitrogen and oxygen atoms in total. The van der Waals surface area contributed by atoms with Gasteiger partial charge in [-0.1, -0.05) is 80.3 Å². The molecule has 3 aromatic carbocycles. The molecule has 0 spiro atoms. The highest BCUT2D eigenvalue weighted by Gasteiger charge is 2.32. The Labute approximate surface area is 223 Å². The Balaban J connectivity index is 1.60. The van der Waals surface area contributed by atoms with Crippen LogP contribution in [0.4, 0.5) is 0 Å². The summed E-state index contributed by atoms with van der Waals surface area (Å²) in [4.78, 5) is 15.2. The molecule has 4 rings (SSSR count). The van der Waals surface area contributed by atoms with Crippen LogP contribution in [0.3, 0.4) is 0 Å². The number of ether oxygens (including phenoxy) is 2. The largest absolute Gasteiger partial charge is 0.490 e. The summed E-state index contributed by atoms with van der Waals surface area (Å²) in [6.07, 6.45) is 1.89. The average molecular weight is 604 g/mol. The van der Waals surface area contributed by atoms with Crippen LogP contribution in [0.2, 0.25) is 0 Å². The molecule has 1 fully saturated rings. The van der Waals surface area contributed by atoms with Gasteiger partial charge in [0.05, 0.1) is 15.1 Å². The van der Waals surface area contributed by atoms with Gasteiger partial charge in [-0.3, -0.25) is 9.69 Å². The normalized spacial score (nSPS) is 15.1. The molecule has 0 bridgehead atoms. The third-order valence-electron chi connectivity index (χ3n) is 5.30. The third kappa shape index (κ3) is 5.58. The van der Waals surface area contributed by atoms with Gasteiger partial charge in [0.15, 0.2) is 11.5 Å². The number of fused-ring (bicyclic) bond motifs is 1. The number of amides is 1. The predicted octanol–water partition coefficient (Wildman–Crippen LogP) is 7.28. The molecule has 0 saturated carbocycles. The van der Waals surface area contributed by atoms with Crippen LogP contribution in [-0.4, -0.2) is 28.3 Å². The minimum absolute atomic E-state index is 0.0343. The lowest BCUT2D eigenvalue weighted by molar-refractivity contribution is -0.122. The number of hydrogen-bond acceptors (Lipinski definition) is 5. The highest BCUT2D eigenvalue weighted by molar-refractivity contribution is 14.1. The van der Waals surface area contributed by atoms with Crippen molar-refractivity contribution in [3.8, 4) is 11.5 Å². The zero-order chi connectivity index (χ0) is 24.2. The van der Waals surface area contributed by atoms with Crippen molar-refractivity contribution in [1.82, 2.24) is 4.90 Å².